The van der Waals surface area contributed by atoms with Gasteiger partial charge in [-0.15, -0.1) is 0 Å². The van der Waals surface area contributed by atoms with Gasteiger partial charge in [-0.1, -0.05) is 0 Å². The maximum absolute atomic E-state index is 11.3. The van der Waals surface area contributed by atoms with E-state index in [-0.39, 0.29) is 16.7 Å². The highest BCUT2D eigenvalue weighted by atomic mass is 16.6. The van der Waals surface area contributed by atoms with E-state index in [0.29, 0.717) is 37.8 Å². The Kier molecular flexibility index (Phi) is 3.80. The molecule has 9 heteroatoms. The Bertz CT molecular complexity index is 666. The van der Waals surface area contributed by atoms with Crippen LogP contribution in [0.3, 0.4) is 0 Å². The summed E-state index contributed by atoms with van der Waals surface area (Å²) in [5.74, 6) is 0.538. The number of rotatable bonds is 4. The number of anilines is 1. The van der Waals surface area contributed by atoms with E-state index < -0.39 is 0 Å². The number of nitro groups is 1. The molecule has 2 aromatic rings. The fourth-order valence-electron chi connectivity index (χ4n) is 2.84. The first kappa shape index (κ1) is 14.5. The normalized spacial score (nSPS) is 18.6. The molecule has 9 nitrogen and oxygen atoms in total. The van der Waals surface area contributed by atoms with Crippen molar-refractivity contribution in [2.45, 2.75) is 19.6 Å². The number of hydrogen-bond acceptors (Lipinski definition) is 6. The molecule has 0 aliphatic carbocycles. The van der Waals surface area contributed by atoms with Crippen molar-refractivity contribution in [1.29, 1.82) is 0 Å². The molecule has 1 aliphatic heterocycles. The van der Waals surface area contributed by atoms with Crippen LogP contribution in [0.4, 0.5) is 11.5 Å². The minimum Gasteiger partial charge on any atom is -0.373 e. The molecule has 3 heterocycles. The summed E-state index contributed by atoms with van der Waals surface area (Å²) in [7, 11) is 1.73. The lowest BCUT2D eigenvalue weighted by Gasteiger charge is -2.33. The summed E-state index contributed by atoms with van der Waals surface area (Å²) in [6.07, 6.45) is 3.53. The summed E-state index contributed by atoms with van der Waals surface area (Å²) < 4.78 is 9.12. The summed E-state index contributed by atoms with van der Waals surface area (Å²) >= 11 is 0. The van der Waals surface area contributed by atoms with Gasteiger partial charge in [0.2, 0.25) is 5.82 Å². The molecule has 1 saturated heterocycles. The molecule has 2 aromatic heterocycles. The molecule has 0 spiro atoms. The third-order valence-corrected chi connectivity index (χ3v) is 3.73. The Hall–Kier alpha value is -2.42. The predicted molar refractivity (Wildman–Crippen MR) is 78.8 cm³/mol. The summed E-state index contributed by atoms with van der Waals surface area (Å²) in [6.45, 7) is 3.97. The summed E-state index contributed by atoms with van der Waals surface area (Å²) in [4.78, 5) is 12.9. The van der Waals surface area contributed by atoms with Crippen molar-refractivity contribution in [3.63, 3.8) is 0 Å². The standard InChI is InChI=1S/C13H18N6O3/c1-10-12(19(20)21)13(16(2)15-10)17-6-7-22-11(8-17)9-18-5-3-4-14-18/h3-5,11H,6-9H2,1-2H3. The molecular formula is C13H18N6O3. The molecule has 22 heavy (non-hydrogen) atoms. The molecule has 0 saturated carbocycles. The molecule has 0 amide bonds. The van der Waals surface area contributed by atoms with Crippen LogP contribution in [0.1, 0.15) is 5.69 Å². The Balaban J connectivity index is 1.81. The third-order valence-electron chi connectivity index (χ3n) is 3.73. The van der Waals surface area contributed by atoms with E-state index in [2.05, 4.69) is 10.2 Å². The second-order valence-electron chi connectivity index (χ2n) is 5.31. The van der Waals surface area contributed by atoms with E-state index in [1.807, 2.05) is 17.2 Å². The Labute approximate surface area is 127 Å². The zero-order chi connectivity index (χ0) is 15.7. The quantitative estimate of drug-likeness (QED) is 0.611. The first-order valence-electron chi connectivity index (χ1n) is 7.08. The molecule has 1 aliphatic rings. The monoisotopic (exact) mass is 306 g/mol. The van der Waals surface area contributed by atoms with Crippen LogP contribution in [-0.4, -0.2) is 50.3 Å². The average molecular weight is 306 g/mol. The van der Waals surface area contributed by atoms with Gasteiger partial charge in [-0.2, -0.15) is 10.2 Å². The molecule has 1 unspecified atom stereocenters. The number of morpholine rings is 1. The highest BCUT2D eigenvalue weighted by Gasteiger charge is 2.31. The SMILES string of the molecule is Cc1nn(C)c(N2CCOC(Cn3cccn3)C2)c1[N+](=O)[O-]. The molecule has 3 rings (SSSR count). The van der Waals surface area contributed by atoms with E-state index in [9.17, 15) is 10.1 Å². The lowest BCUT2D eigenvalue weighted by molar-refractivity contribution is -0.384. The van der Waals surface area contributed by atoms with Gasteiger partial charge in [-0.05, 0) is 13.0 Å². The van der Waals surface area contributed by atoms with E-state index >= 15 is 0 Å². The largest absolute Gasteiger partial charge is 0.373 e. The number of hydrogen-bond donors (Lipinski definition) is 0. The summed E-state index contributed by atoms with van der Waals surface area (Å²) in [5.41, 5.74) is 0.500. The fourth-order valence-corrected chi connectivity index (χ4v) is 2.84. The maximum Gasteiger partial charge on any atom is 0.333 e. The van der Waals surface area contributed by atoms with Crippen LogP contribution >= 0.6 is 0 Å². The van der Waals surface area contributed by atoms with Crippen LogP contribution in [0.15, 0.2) is 18.5 Å². The van der Waals surface area contributed by atoms with Crippen LogP contribution in [0.2, 0.25) is 0 Å². The second kappa shape index (κ2) is 5.76. The fraction of sp³-hybridized carbons (Fsp3) is 0.538. The Morgan fingerprint density at radius 2 is 2.36 bits per heavy atom. The smallest absolute Gasteiger partial charge is 0.333 e. The highest BCUT2D eigenvalue weighted by molar-refractivity contribution is 5.61. The lowest BCUT2D eigenvalue weighted by atomic mass is 10.2. The molecule has 0 aromatic carbocycles. The van der Waals surface area contributed by atoms with Crippen molar-refractivity contribution in [2.75, 3.05) is 24.6 Å². The highest BCUT2D eigenvalue weighted by Crippen LogP contribution is 2.31. The van der Waals surface area contributed by atoms with Crippen LogP contribution in [-0.2, 0) is 18.3 Å². The van der Waals surface area contributed by atoms with Crippen LogP contribution in [0.5, 0.6) is 0 Å². The first-order valence-corrected chi connectivity index (χ1v) is 7.08. The molecule has 0 bridgehead atoms. The Morgan fingerprint density at radius 1 is 1.55 bits per heavy atom. The summed E-state index contributed by atoms with van der Waals surface area (Å²) in [5, 5.41) is 19.7. The van der Waals surface area contributed by atoms with Gasteiger partial charge >= 0.3 is 5.69 Å². The molecule has 1 atom stereocenters. The summed E-state index contributed by atoms with van der Waals surface area (Å²) in [6, 6.07) is 1.86. The van der Waals surface area contributed by atoms with Gasteiger partial charge in [-0.25, -0.2) is 4.68 Å². The number of ether oxygens (including phenoxy) is 1. The Morgan fingerprint density at radius 3 is 3.05 bits per heavy atom. The maximum atomic E-state index is 11.3. The molecule has 1 fully saturated rings. The van der Waals surface area contributed by atoms with Crippen molar-refractivity contribution in [2.24, 2.45) is 7.05 Å². The number of nitrogens with zero attached hydrogens (tertiary/aromatic N) is 6. The number of aromatic nitrogens is 4. The van der Waals surface area contributed by atoms with Gasteiger partial charge in [0.15, 0.2) is 0 Å². The zero-order valence-electron chi connectivity index (χ0n) is 12.5. The predicted octanol–water partition coefficient (Wildman–Crippen LogP) is 0.739. The lowest BCUT2D eigenvalue weighted by Crippen LogP contribution is -2.45. The van der Waals surface area contributed by atoms with Crippen molar-refractivity contribution < 1.29 is 9.66 Å². The van der Waals surface area contributed by atoms with Crippen LogP contribution < -0.4 is 4.90 Å². The third kappa shape index (κ3) is 2.67. The minimum atomic E-state index is -0.365. The molecular weight excluding hydrogens is 288 g/mol. The first-order chi connectivity index (χ1) is 10.6. The average Bonchev–Trinajstić information content (AvgIpc) is 3.06. The van der Waals surface area contributed by atoms with E-state index in [4.69, 9.17) is 4.74 Å². The van der Waals surface area contributed by atoms with E-state index in [0.717, 1.165) is 0 Å². The van der Waals surface area contributed by atoms with Crippen molar-refractivity contribution in [3.8, 4) is 0 Å². The molecule has 118 valence electrons. The molecule has 0 radical (unpaired) electrons. The second-order valence-corrected chi connectivity index (χ2v) is 5.31. The van der Waals surface area contributed by atoms with E-state index in [1.165, 1.54) is 0 Å². The van der Waals surface area contributed by atoms with Crippen molar-refractivity contribution in [1.82, 2.24) is 19.6 Å². The number of aryl methyl sites for hydroxylation is 2. The zero-order valence-corrected chi connectivity index (χ0v) is 12.5. The topological polar surface area (TPSA) is 91.2 Å². The van der Waals surface area contributed by atoms with Gasteiger partial charge < -0.3 is 9.64 Å². The molecule has 0 N–H and O–H groups in total. The van der Waals surface area contributed by atoms with Gasteiger partial charge in [-0.3, -0.25) is 14.8 Å². The van der Waals surface area contributed by atoms with Gasteiger partial charge in [0.25, 0.3) is 0 Å². The van der Waals surface area contributed by atoms with Crippen LogP contribution in [0.25, 0.3) is 0 Å². The van der Waals surface area contributed by atoms with Gasteiger partial charge in [0, 0.05) is 32.5 Å². The van der Waals surface area contributed by atoms with Gasteiger partial charge in [0.05, 0.1) is 24.2 Å². The van der Waals surface area contributed by atoms with Crippen molar-refractivity contribution >= 4 is 11.5 Å². The minimum absolute atomic E-state index is 0.0662. The van der Waals surface area contributed by atoms with Crippen molar-refractivity contribution in [3.05, 3.63) is 34.3 Å². The van der Waals surface area contributed by atoms with E-state index in [1.54, 1.807) is 29.5 Å². The van der Waals surface area contributed by atoms with Crippen LogP contribution in [0, 0.1) is 17.0 Å². The van der Waals surface area contributed by atoms with Gasteiger partial charge in [0.1, 0.15) is 5.69 Å².